The predicted molar refractivity (Wildman–Crippen MR) is 92.7 cm³/mol. The highest BCUT2D eigenvalue weighted by molar-refractivity contribution is 7.89. The monoisotopic (exact) mass is 340 g/mol. The fraction of sp³-hybridized carbons (Fsp3) is 0.647. The number of nitrogens with zero attached hydrogens (tertiary/aromatic N) is 1. The van der Waals surface area contributed by atoms with Crippen molar-refractivity contribution in [3.05, 3.63) is 35.4 Å². The molecular weight excluding hydrogens is 312 g/mol. The number of sulfonamides is 1. The Morgan fingerprint density at radius 2 is 1.96 bits per heavy atom. The van der Waals surface area contributed by atoms with Gasteiger partial charge in [0.25, 0.3) is 0 Å². The maximum Gasteiger partial charge on any atom is 0.211 e. The molecule has 2 rings (SSSR count). The van der Waals surface area contributed by atoms with Gasteiger partial charge in [0.1, 0.15) is 0 Å². The van der Waals surface area contributed by atoms with Crippen LogP contribution in [0.3, 0.4) is 0 Å². The maximum atomic E-state index is 11.9. The highest BCUT2D eigenvalue weighted by Gasteiger charge is 2.19. The minimum Gasteiger partial charge on any atom is -0.390 e. The van der Waals surface area contributed by atoms with Crippen LogP contribution < -0.4 is 4.72 Å². The average Bonchev–Trinajstić information content (AvgIpc) is 2.51. The zero-order chi connectivity index (χ0) is 16.9. The second-order valence-corrected chi connectivity index (χ2v) is 8.68. The number of benzene rings is 1. The van der Waals surface area contributed by atoms with Crippen molar-refractivity contribution < 1.29 is 13.5 Å². The van der Waals surface area contributed by atoms with E-state index in [0.717, 1.165) is 19.5 Å². The Hall–Kier alpha value is -0.950. The zero-order valence-electron chi connectivity index (χ0n) is 14.0. The van der Waals surface area contributed by atoms with E-state index in [4.69, 9.17) is 0 Å². The lowest BCUT2D eigenvalue weighted by atomic mass is 10.00. The fourth-order valence-corrected chi connectivity index (χ4v) is 4.13. The van der Waals surface area contributed by atoms with Gasteiger partial charge in [0, 0.05) is 26.2 Å². The molecule has 1 aromatic carbocycles. The first-order chi connectivity index (χ1) is 10.9. The molecule has 5 nitrogen and oxygen atoms in total. The van der Waals surface area contributed by atoms with Crippen LogP contribution in [0.4, 0.5) is 0 Å². The molecule has 0 saturated heterocycles. The molecule has 23 heavy (non-hydrogen) atoms. The molecular formula is C17H28N2O3S. The molecule has 0 aliphatic carbocycles. The van der Waals surface area contributed by atoms with E-state index in [9.17, 15) is 13.5 Å². The first kappa shape index (κ1) is 18.4. The summed E-state index contributed by atoms with van der Waals surface area (Å²) in [7, 11) is -3.29. The molecule has 0 amide bonds. The first-order valence-corrected chi connectivity index (χ1v) is 9.95. The molecule has 0 spiro atoms. The smallest absolute Gasteiger partial charge is 0.211 e. The van der Waals surface area contributed by atoms with Crippen LogP contribution in [-0.4, -0.2) is 49.9 Å². The number of β-amino-alcohol motifs (C(OH)–C–C–N with tert-alkyl or cyclic N) is 1. The molecule has 2 N–H and O–H groups in total. The second kappa shape index (κ2) is 8.24. The van der Waals surface area contributed by atoms with Crippen LogP contribution in [-0.2, 0) is 23.0 Å². The van der Waals surface area contributed by atoms with Crippen molar-refractivity contribution in [2.24, 2.45) is 5.92 Å². The summed E-state index contributed by atoms with van der Waals surface area (Å²) in [6.07, 6.45) is 0.922. The number of hydrogen-bond donors (Lipinski definition) is 2. The van der Waals surface area contributed by atoms with Gasteiger partial charge in [-0.3, -0.25) is 4.90 Å². The number of aliphatic hydroxyl groups is 1. The van der Waals surface area contributed by atoms with Crippen LogP contribution in [0, 0.1) is 5.92 Å². The van der Waals surface area contributed by atoms with Crippen molar-refractivity contribution in [3.8, 4) is 0 Å². The van der Waals surface area contributed by atoms with Gasteiger partial charge in [-0.15, -0.1) is 0 Å². The summed E-state index contributed by atoms with van der Waals surface area (Å²) < 4.78 is 26.2. The molecule has 1 heterocycles. The molecule has 1 unspecified atom stereocenters. The van der Waals surface area contributed by atoms with Crippen molar-refractivity contribution >= 4 is 10.0 Å². The van der Waals surface area contributed by atoms with E-state index in [1.807, 2.05) is 19.9 Å². The number of nitrogens with one attached hydrogen (secondary N) is 1. The van der Waals surface area contributed by atoms with Gasteiger partial charge in [-0.05, 0) is 29.9 Å². The molecule has 0 bridgehead atoms. The minimum atomic E-state index is -3.29. The molecule has 1 atom stereocenters. The molecule has 1 aromatic rings. The van der Waals surface area contributed by atoms with Gasteiger partial charge < -0.3 is 5.11 Å². The average molecular weight is 340 g/mol. The SMILES string of the molecule is CC(C)CCS(=O)(=O)NCC(O)CN1CCc2ccccc2C1. The van der Waals surface area contributed by atoms with Gasteiger partial charge in [0.05, 0.1) is 11.9 Å². The summed E-state index contributed by atoms with van der Waals surface area (Å²) in [5.74, 6) is 0.471. The molecule has 130 valence electrons. The molecule has 0 aromatic heterocycles. The van der Waals surface area contributed by atoms with Crippen LogP contribution in [0.25, 0.3) is 0 Å². The van der Waals surface area contributed by atoms with E-state index in [2.05, 4.69) is 27.8 Å². The Bertz CT molecular complexity index is 602. The van der Waals surface area contributed by atoms with Gasteiger partial charge in [0.2, 0.25) is 10.0 Å². The lowest BCUT2D eigenvalue weighted by Crippen LogP contribution is -2.42. The maximum absolute atomic E-state index is 11.9. The van der Waals surface area contributed by atoms with E-state index in [1.54, 1.807) is 0 Å². The Labute approximate surface area is 139 Å². The topological polar surface area (TPSA) is 69.6 Å². The number of fused-ring (bicyclic) bond motifs is 1. The Kier molecular flexibility index (Phi) is 6.59. The Balaban J connectivity index is 1.76. The second-order valence-electron chi connectivity index (χ2n) is 6.76. The third-order valence-electron chi connectivity index (χ3n) is 4.18. The molecule has 1 aliphatic rings. The number of hydrogen-bond acceptors (Lipinski definition) is 4. The quantitative estimate of drug-likeness (QED) is 0.750. The van der Waals surface area contributed by atoms with E-state index in [-0.39, 0.29) is 12.3 Å². The van der Waals surface area contributed by atoms with Crippen molar-refractivity contribution in [1.82, 2.24) is 9.62 Å². The minimum absolute atomic E-state index is 0.0819. The van der Waals surface area contributed by atoms with E-state index >= 15 is 0 Å². The van der Waals surface area contributed by atoms with Gasteiger partial charge in [-0.1, -0.05) is 38.1 Å². The van der Waals surface area contributed by atoms with Crippen LogP contribution >= 0.6 is 0 Å². The van der Waals surface area contributed by atoms with E-state index < -0.39 is 16.1 Å². The molecule has 0 fully saturated rings. The largest absolute Gasteiger partial charge is 0.390 e. The predicted octanol–water partition coefficient (Wildman–Crippen LogP) is 1.37. The van der Waals surface area contributed by atoms with Crippen molar-refractivity contribution in [2.45, 2.75) is 39.3 Å². The summed E-state index contributed by atoms with van der Waals surface area (Å²) in [6.45, 7) is 6.28. The lowest BCUT2D eigenvalue weighted by Gasteiger charge is -2.30. The highest BCUT2D eigenvalue weighted by Crippen LogP contribution is 2.18. The Morgan fingerprint density at radius 3 is 2.65 bits per heavy atom. The van der Waals surface area contributed by atoms with E-state index in [1.165, 1.54) is 11.1 Å². The van der Waals surface area contributed by atoms with E-state index in [0.29, 0.717) is 18.9 Å². The van der Waals surface area contributed by atoms with Crippen molar-refractivity contribution in [1.29, 1.82) is 0 Å². The third kappa shape index (κ3) is 6.22. The van der Waals surface area contributed by atoms with Crippen molar-refractivity contribution in [2.75, 3.05) is 25.4 Å². The van der Waals surface area contributed by atoms with Crippen LogP contribution in [0.1, 0.15) is 31.4 Å². The summed E-state index contributed by atoms with van der Waals surface area (Å²) >= 11 is 0. The number of aliphatic hydroxyl groups excluding tert-OH is 1. The third-order valence-corrected chi connectivity index (χ3v) is 5.56. The van der Waals surface area contributed by atoms with Gasteiger partial charge in [-0.2, -0.15) is 0 Å². The Morgan fingerprint density at radius 1 is 1.26 bits per heavy atom. The molecule has 1 aliphatic heterocycles. The summed E-state index contributed by atoms with van der Waals surface area (Å²) in [5, 5.41) is 10.1. The lowest BCUT2D eigenvalue weighted by molar-refractivity contribution is 0.108. The van der Waals surface area contributed by atoms with Gasteiger partial charge >= 0.3 is 0 Å². The first-order valence-electron chi connectivity index (χ1n) is 8.30. The van der Waals surface area contributed by atoms with Crippen LogP contribution in [0.15, 0.2) is 24.3 Å². The standard InChI is InChI=1S/C17H28N2O3S/c1-14(2)8-10-23(21,22)18-11-17(20)13-19-9-7-15-5-3-4-6-16(15)12-19/h3-6,14,17-18,20H,7-13H2,1-2H3. The van der Waals surface area contributed by atoms with Crippen LogP contribution in [0.5, 0.6) is 0 Å². The number of rotatable bonds is 8. The molecule has 6 heteroatoms. The van der Waals surface area contributed by atoms with Crippen LogP contribution in [0.2, 0.25) is 0 Å². The summed E-state index contributed by atoms with van der Waals surface area (Å²) in [4.78, 5) is 2.18. The normalized spacial score (nSPS) is 17.2. The fourth-order valence-electron chi connectivity index (χ4n) is 2.76. The zero-order valence-corrected chi connectivity index (χ0v) is 14.8. The molecule has 0 radical (unpaired) electrons. The molecule has 0 saturated carbocycles. The van der Waals surface area contributed by atoms with Gasteiger partial charge in [-0.25, -0.2) is 13.1 Å². The summed E-state index contributed by atoms with van der Waals surface area (Å²) in [6, 6.07) is 8.34. The summed E-state index contributed by atoms with van der Waals surface area (Å²) in [5.41, 5.74) is 2.66. The highest BCUT2D eigenvalue weighted by atomic mass is 32.2. The van der Waals surface area contributed by atoms with Crippen molar-refractivity contribution in [3.63, 3.8) is 0 Å². The van der Waals surface area contributed by atoms with Gasteiger partial charge in [0.15, 0.2) is 0 Å².